The van der Waals surface area contributed by atoms with Gasteiger partial charge in [-0.2, -0.15) is 0 Å². The van der Waals surface area contributed by atoms with Crippen LogP contribution in [0.15, 0.2) is 72.2 Å². The first kappa shape index (κ1) is 24.0. The molecule has 0 bridgehead atoms. The molecule has 1 aliphatic heterocycles. The molecule has 1 aliphatic rings. The van der Waals surface area contributed by atoms with Gasteiger partial charge in [0.05, 0.1) is 22.5 Å². The molecule has 6 rings (SSSR count). The van der Waals surface area contributed by atoms with Crippen LogP contribution in [0.25, 0.3) is 21.1 Å². The number of thiophene rings is 1. The maximum absolute atomic E-state index is 13.7. The van der Waals surface area contributed by atoms with Gasteiger partial charge in [-0.15, -0.1) is 11.3 Å². The maximum atomic E-state index is 13.7. The van der Waals surface area contributed by atoms with E-state index in [1.165, 1.54) is 16.7 Å². The van der Waals surface area contributed by atoms with Gasteiger partial charge in [-0.05, 0) is 74.0 Å². The van der Waals surface area contributed by atoms with Gasteiger partial charge in [0.2, 0.25) is 5.78 Å². The van der Waals surface area contributed by atoms with Crippen molar-refractivity contribution in [2.45, 2.75) is 39.3 Å². The van der Waals surface area contributed by atoms with Crippen molar-refractivity contribution in [2.75, 3.05) is 19.7 Å². The van der Waals surface area contributed by atoms with Gasteiger partial charge in [0.1, 0.15) is 5.75 Å². The van der Waals surface area contributed by atoms with Gasteiger partial charge < -0.3 is 19.2 Å². The second-order valence-electron chi connectivity index (χ2n) is 9.94. The van der Waals surface area contributed by atoms with Crippen LogP contribution < -0.4 is 10.1 Å². The second kappa shape index (κ2) is 10.6. The molecule has 190 valence electrons. The predicted octanol–water partition coefficient (Wildman–Crippen LogP) is 6.53. The number of ketones is 1. The topological polar surface area (TPSA) is 48.2 Å². The van der Waals surface area contributed by atoms with E-state index in [0.717, 1.165) is 79.1 Å². The third-order valence-electron chi connectivity index (χ3n) is 7.54. The monoisotopic (exact) mass is 511 g/mol. The summed E-state index contributed by atoms with van der Waals surface area (Å²) in [4.78, 5) is 13.7. The maximum Gasteiger partial charge on any atom is 0.211 e. The van der Waals surface area contributed by atoms with E-state index >= 15 is 0 Å². The Kier molecular flexibility index (Phi) is 6.85. The lowest BCUT2D eigenvalue weighted by atomic mass is 10.1. The fraction of sp³-hybridized carbons (Fsp3) is 0.323. The average Bonchev–Trinajstić information content (AvgIpc) is 3.72. The predicted molar refractivity (Wildman–Crippen MR) is 152 cm³/mol. The van der Waals surface area contributed by atoms with Crippen molar-refractivity contribution in [1.29, 1.82) is 0 Å². The van der Waals surface area contributed by atoms with E-state index in [0.29, 0.717) is 5.92 Å². The minimum absolute atomic E-state index is 0.101. The van der Waals surface area contributed by atoms with Crippen LogP contribution in [0.2, 0.25) is 0 Å². The van der Waals surface area contributed by atoms with E-state index in [2.05, 4.69) is 87.5 Å². The van der Waals surface area contributed by atoms with Crippen molar-refractivity contribution in [3.63, 3.8) is 0 Å². The van der Waals surface area contributed by atoms with Crippen molar-refractivity contribution < 1.29 is 9.53 Å². The number of nitrogens with zero attached hydrogens (tertiary/aromatic N) is 2. The first-order valence-electron chi connectivity index (χ1n) is 13.3. The summed E-state index contributed by atoms with van der Waals surface area (Å²) in [6.45, 7) is 6.69. The van der Waals surface area contributed by atoms with Crippen molar-refractivity contribution in [3.8, 4) is 5.75 Å². The molecule has 0 unspecified atom stereocenters. The number of aromatic nitrogens is 2. The summed E-state index contributed by atoms with van der Waals surface area (Å²) in [5, 5.41) is 6.50. The highest BCUT2D eigenvalue weighted by Crippen LogP contribution is 2.30. The number of benzene rings is 2. The number of hydrogen-bond donors (Lipinski definition) is 1. The van der Waals surface area contributed by atoms with Crippen molar-refractivity contribution in [1.82, 2.24) is 14.5 Å². The Morgan fingerprint density at radius 2 is 1.97 bits per heavy atom. The Labute approximate surface area is 221 Å². The van der Waals surface area contributed by atoms with Gasteiger partial charge >= 0.3 is 0 Å². The van der Waals surface area contributed by atoms with E-state index in [1.54, 1.807) is 11.3 Å². The lowest BCUT2D eigenvalue weighted by Crippen LogP contribution is -2.15. The number of aryl methyl sites for hydroxylation is 3. The lowest BCUT2D eigenvalue weighted by molar-refractivity contribution is 0.103. The molecule has 6 heteroatoms. The number of carbonyl (C=O) groups is 1. The van der Waals surface area contributed by atoms with Gasteiger partial charge in [-0.25, -0.2) is 0 Å². The summed E-state index contributed by atoms with van der Waals surface area (Å²) in [5.41, 5.74) is 5.13. The van der Waals surface area contributed by atoms with Crippen LogP contribution in [0.1, 0.15) is 41.4 Å². The van der Waals surface area contributed by atoms with E-state index in [1.807, 2.05) is 6.07 Å². The van der Waals surface area contributed by atoms with Crippen molar-refractivity contribution in [2.24, 2.45) is 5.92 Å². The zero-order valence-corrected chi connectivity index (χ0v) is 22.1. The van der Waals surface area contributed by atoms with Crippen LogP contribution in [-0.2, 0) is 19.5 Å². The molecule has 1 fully saturated rings. The number of carbonyl (C=O) groups excluding carboxylic acids is 1. The van der Waals surface area contributed by atoms with E-state index in [9.17, 15) is 4.79 Å². The summed E-state index contributed by atoms with van der Waals surface area (Å²) >= 11 is 1.69. The largest absolute Gasteiger partial charge is 0.493 e. The first-order chi connectivity index (χ1) is 18.2. The molecule has 1 saturated heterocycles. The molecular formula is C31H33N3O2S. The number of para-hydroxylation sites is 1. The third-order valence-corrected chi connectivity index (χ3v) is 8.39. The van der Waals surface area contributed by atoms with Gasteiger partial charge in [0.15, 0.2) is 0 Å². The Hall–Kier alpha value is -3.35. The molecular weight excluding hydrogens is 478 g/mol. The van der Waals surface area contributed by atoms with Crippen molar-refractivity contribution >= 4 is 38.2 Å². The molecule has 5 aromatic rings. The fourth-order valence-electron chi connectivity index (χ4n) is 5.53. The van der Waals surface area contributed by atoms with E-state index < -0.39 is 0 Å². The highest BCUT2D eigenvalue weighted by Gasteiger charge is 2.21. The Balaban J connectivity index is 1.15. The number of fused-ring (bicyclic) bond motifs is 2. The number of hydrogen-bond acceptors (Lipinski definition) is 4. The molecule has 0 spiro atoms. The number of rotatable bonds is 10. The number of nitrogens with one attached hydrogen (secondary N) is 1. The normalized spacial score (nSPS) is 15.6. The molecule has 3 aromatic heterocycles. The summed E-state index contributed by atoms with van der Waals surface area (Å²) in [7, 11) is 0. The smallest absolute Gasteiger partial charge is 0.211 e. The minimum Gasteiger partial charge on any atom is -0.493 e. The SMILES string of the molecule is CCn1c(C(=O)c2cn(CCCc3ccc(OC[C@@H]4CCNC4)cc3)c3ccccc23)cc2sccc21. The Bertz CT molecular complexity index is 1520. The van der Waals surface area contributed by atoms with Gasteiger partial charge in [0, 0.05) is 48.2 Å². The summed E-state index contributed by atoms with van der Waals surface area (Å²) in [6, 6.07) is 21.0. The zero-order valence-electron chi connectivity index (χ0n) is 21.3. The molecule has 0 radical (unpaired) electrons. The molecule has 2 aromatic carbocycles. The molecule has 4 heterocycles. The van der Waals surface area contributed by atoms with Crippen LogP contribution in [0.5, 0.6) is 5.75 Å². The molecule has 0 amide bonds. The highest BCUT2D eigenvalue weighted by atomic mass is 32.1. The van der Waals surface area contributed by atoms with Gasteiger partial charge in [-0.1, -0.05) is 30.3 Å². The zero-order chi connectivity index (χ0) is 25.2. The standard InChI is InChI=1S/C31H33N3O2S/c1-2-34-28-14-17-37-30(28)18-29(34)31(35)26-20-33(27-8-4-3-7-25(26)27)16-5-6-22-9-11-24(12-10-22)36-21-23-13-15-32-19-23/h3-4,7-12,14,17-18,20,23,32H,2,5-6,13,15-16,19,21H2,1H3/t23-/m1/s1. The minimum atomic E-state index is 0.101. The Morgan fingerprint density at radius 3 is 2.78 bits per heavy atom. The fourth-order valence-corrected chi connectivity index (χ4v) is 6.36. The summed E-state index contributed by atoms with van der Waals surface area (Å²) < 4.78 is 11.5. The van der Waals surface area contributed by atoms with Crippen molar-refractivity contribution in [3.05, 3.63) is 89.1 Å². The quantitative estimate of drug-likeness (QED) is 0.217. The Morgan fingerprint density at radius 1 is 1.11 bits per heavy atom. The first-order valence-corrected chi connectivity index (χ1v) is 14.2. The molecule has 37 heavy (non-hydrogen) atoms. The second-order valence-corrected chi connectivity index (χ2v) is 10.9. The van der Waals surface area contributed by atoms with Gasteiger partial charge in [-0.3, -0.25) is 4.79 Å². The third kappa shape index (κ3) is 4.83. The molecule has 0 aliphatic carbocycles. The van der Waals surface area contributed by atoms with Crippen LogP contribution in [0.3, 0.4) is 0 Å². The van der Waals surface area contributed by atoms with Crippen LogP contribution in [-0.4, -0.2) is 34.6 Å². The average molecular weight is 512 g/mol. The highest BCUT2D eigenvalue weighted by molar-refractivity contribution is 7.17. The summed E-state index contributed by atoms with van der Waals surface area (Å²) in [6.07, 6.45) is 5.24. The number of ether oxygens (including phenoxy) is 1. The van der Waals surface area contributed by atoms with E-state index in [4.69, 9.17) is 4.74 Å². The lowest BCUT2D eigenvalue weighted by Gasteiger charge is -2.11. The van der Waals surface area contributed by atoms with Crippen LogP contribution in [0, 0.1) is 5.92 Å². The van der Waals surface area contributed by atoms with E-state index in [-0.39, 0.29) is 5.78 Å². The molecule has 5 nitrogen and oxygen atoms in total. The molecule has 1 atom stereocenters. The van der Waals surface area contributed by atoms with Crippen LogP contribution >= 0.6 is 11.3 Å². The molecule has 0 saturated carbocycles. The van der Waals surface area contributed by atoms with Crippen LogP contribution in [0.4, 0.5) is 0 Å². The van der Waals surface area contributed by atoms with Gasteiger partial charge in [0.25, 0.3) is 0 Å². The molecule has 1 N–H and O–H groups in total. The summed E-state index contributed by atoms with van der Waals surface area (Å²) in [5.74, 6) is 1.67.